The molecule has 0 aliphatic carbocycles. The highest BCUT2D eigenvalue weighted by atomic mass is 16.5. The molecule has 1 N–H and O–H groups in total. The molecule has 0 aromatic heterocycles. The Labute approximate surface area is 77.5 Å². The third-order valence-electron chi connectivity index (χ3n) is 2.09. The lowest BCUT2D eigenvalue weighted by Gasteiger charge is -2.36. The fourth-order valence-corrected chi connectivity index (χ4v) is 1.29. The minimum atomic E-state index is -0.339. The first kappa shape index (κ1) is 10.0. The molecule has 0 bridgehead atoms. The lowest BCUT2D eigenvalue weighted by molar-refractivity contribution is -0.140. The van der Waals surface area contributed by atoms with Crippen LogP contribution in [0.5, 0.6) is 0 Å². The summed E-state index contributed by atoms with van der Waals surface area (Å²) in [5.41, 5.74) is 0. The van der Waals surface area contributed by atoms with Crippen LogP contribution in [0, 0.1) is 12.3 Å². The van der Waals surface area contributed by atoms with E-state index in [1.54, 1.807) is 4.90 Å². The van der Waals surface area contributed by atoms with Crippen molar-refractivity contribution in [2.45, 2.75) is 19.1 Å². The minimum Gasteiger partial charge on any atom is -0.394 e. The summed E-state index contributed by atoms with van der Waals surface area (Å²) in [6.45, 7) is 2.59. The van der Waals surface area contributed by atoms with E-state index in [4.69, 9.17) is 16.3 Å². The number of ether oxygens (including phenoxy) is 1. The van der Waals surface area contributed by atoms with Crippen molar-refractivity contribution in [3.8, 4) is 12.3 Å². The number of amides is 1. The maximum absolute atomic E-state index is 11.2. The van der Waals surface area contributed by atoms with Gasteiger partial charge in [0, 0.05) is 0 Å². The van der Waals surface area contributed by atoms with Crippen LogP contribution in [0.2, 0.25) is 0 Å². The third-order valence-corrected chi connectivity index (χ3v) is 2.09. The standard InChI is InChI=1S/C9H13NO3/c1-3-9(12)10-4-8(5-11)13-6-7(10)2/h1,7-8,11H,4-6H2,2H3. The van der Waals surface area contributed by atoms with E-state index in [-0.39, 0.29) is 24.7 Å². The molecular weight excluding hydrogens is 170 g/mol. The molecular formula is C9H13NO3. The summed E-state index contributed by atoms with van der Waals surface area (Å²) in [5.74, 6) is 1.72. The second-order valence-electron chi connectivity index (χ2n) is 3.09. The van der Waals surface area contributed by atoms with Crippen LogP contribution >= 0.6 is 0 Å². The zero-order valence-corrected chi connectivity index (χ0v) is 7.56. The first-order chi connectivity index (χ1) is 6.19. The van der Waals surface area contributed by atoms with E-state index >= 15 is 0 Å². The number of rotatable bonds is 1. The van der Waals surface area contributed by atoms with Gasteiger partial charge in [-0.05, 0) is 12.8 Å². The highest BCUT2D eigenvalue weighted by Gasteiger charge is 2.28. The number of hydrogen-bond acceptors (Lipinski definition) is 3. The molecule has 4 nitrogen and oxygen atoms in total. The van der Waals surface area contributed by atoms with Gasteiger partial charge >= 0.3 is 0 Å². The molecule has 1 aliphatic heterocycles. The van der Waals surface area contributed by atoms with Gasteiger partial charge in [-0.3, -0.25) is 4.79 Å². The molecule has 0 aromatic rings. The molecule has 2 atom stereocenters. The Bertz CT molecular complexity index is 234. The Kier molecular flexibility index (Phi) is 3.29. The van der Waals surface area contributed by atoms with E-state index in [0.717, 1.165) is 0 Å². The highest BCUT2D eigenvalue weighted by Crippen LogP contribution is 2.10. The highest BCUT2D eigenvalue weighted by molar-refractivity contribution is 5.93. The molecule has 13 heavy (non-hydrogen) atoms. The van der Waals surface area contributed by atoms with Crippen LogP contribution in [-0.4, -0.2) is 47.8 Å². The van der Waals surface area contributed by atoms with Gasteiger partial charge in [0.15, 0.2) is 0 Å². The van der Waals surface area contributed by atoms with Crippen LogP contribution in [0.15, 0.2) is 0 Å². The molecule has 1 saturated heterocycles. The summed E-state index contributed by atoms with van der Waals surface area (Å²) in [6.07, 6.45) is 4.71. The summed E-state index contributed by atoms with van der Waals surface area (Å²) in [4.78, 5) is 12.7. The van der Waals surface area contributed by atoms with E-state index in [0.29, 0.717) is 13.2 Å². The SMILES string of the molecule is C#CC(=O)N1CC(CO)OCC1C. The number of carbonyl (C=O) groups is 1. The molecule has 0 radical (unpaired) electrons. The number of hydrogen-bond donors (Lipinski definition) is 1. The maximum Gasteiger partial charge on any atom is 0.298 e. The second-order valence-corrected chi connectivity index (χ2v) is 3.09. The van der Waals surface area contributed by atoms with E-state index in [1.165, 1.54) is 0 Å². The van der Waals surface area contributed by atoms with Gasteiger partial charge in [-0.1, -0.05) is 0 Å². The van der Waals surface area contributed by atoms with Gasteiger partial charge in [-0.2, -0.15) is 0 Å². The van der Waals surface area contributed by atoms with E-state index < -0.39 is 0 Å². The van der Waals surface area contributed by atoms with Crippen molar-refractivity contribution in [3.05, 3.63) is 0 Å². The number of morpholine rings is 1. The molecule has 1 fully saturated rings. The second kappa shape index (κ2) is 4.26. The van der Waals surface area contributed by atoms with Gasteiger partial charge in [-0.15, -0.1) is 6.42 Å². The van der Waals surface area contributed by atoms with Gasteiger partial charge in [0.2, 0.25) is 0 Å². The zero-order valence-electron chi connectivity index (χ0n) is 7.56. The van der Waals surface area contributed by atoms with Crippen molar-refractivity contribution in [1.82, 2.24) is 4.90 Å². The van der Waals surface area contributed by atoms with Gasteiger partial charge in [0.05, 0.1) is 31.9 Å². The molecule has 0 saturated carbocycles. The van der Waals surface area contributed by atoms with Crippen LogP contribution in [0.3, 0.4) is 0 Å². The fourth-order valence-electron chi connectivity index (χ4n) is 1.29. The molecule has 0 spiro atoms. The Balaban J connectivity index is 2.61. The van der Waals surface area contributed by atoms with Crippen LogP contribution in [0.4, 0.5) is 0 Å². The number of aliphatic hydroxyl groups excluding tert-OH is 1. The van der Waals surface area contributed by atoms with Crippen LogP contribution in [0.1, 0.15) is 6.92 Å². The number of carbonyl (C=O) groups excluding carboxylic acids is 1. The van der Waals surface area contributed by atoms with E-state index in [9.17, 15) is 4.79 Å². The summed E-state index contributed by atoms with van der Waals surface area (Å²) in [6, 6.07) is -0.00801. The molecule has 2 unspecified atom stereocenters. The number of aliphatic hydroxyl groups is 1. The third kappa shape index (κ3) is 2.20. The first-order valence-electron chi connectivity index (χ1n) is 4.18. The van der Waals surface area contributed by atoms with Crippen molar-refractivity contribution in [3.63, 3.8) is 0 Å². The Morgan fingerprint density at radius 1 is 1.85 bits per heavy atom. The number of nitrogens with zero attached hydrogens (tertiary/aromatic N) is 1. The average molecular weight is 183 g/mol. The lowest BCUT2D eigenvalue weighted by Crippen LogP contribution is -2.51. The normalized spacial score (nSPS) is 28.2. The van der Waals surface area contributed by atoms with Crippen molar-refractivity contribution in [1.29, 1.82) is 0 Å². The quantitative estimate of drug-likeness (QED) is 0.543. The van der Waals surface area contributed by atoms with Crippen LogP contribution in [-0.2, 0) is 9.53 Å². The predicted molar refractivity (Wildman–Crippen MR) is 46.8 cm³/mol. The Hall–Kier alpha value is -1.05. The van der Waals surface area contributed by atoms with Crippen molar-refractivity contribution in [2.75, 3.05) is 19.8 Å². The monoisotopic (exact) mass is 183 g/mol. The van der Waals surface area contributed by atoms with Crippen molar-refractivity contribution < 1.29 is 14.6 Å². The maximum atomic E-state index is 11.2. The lowest BCUT2D eigenvalue weighted by atomic mass is 10.2. The molecule has 0 aromatic carbocycles. The smallest absolute Gasteiger partial charge is 0.298 e. The predicted octanol–water partition coefficient (Wildman–Crippen LogP) is -0.772. The zero-order chi connectivity index (χ0) is 9.84. The summed E-state index contributed by atoms with van der Waals surface area (Å²) in [5, 5.41) is 8.83. The van der Waals surface area contributed by atoms with Crippen molar-refractivity contribution in [2.24, 2.45) is 0 Å². The molecule has 72 valence electrons. The minimum absolute atomic E-state index is 0.00801. The molecule has 1 amide bonds. The molecule has 1 heterocycles. The molecule has 1 rings (SSSR count). The Morgan fingerprint density at radius 3 is 3.08 bits per heavy atom. The van der Waals surface area contributed by atoms with Crippen LogP contribution in [0.25, 0.3) is 0 Å². The summed E-state index contributed by atoms with van der Waals surface area (Å²) >= 11 is 0. The van der Waals surface area contributed by atoms with Gasteiger partial charge in [0.1, 0.15) is 0 Å². The Morgan fingerprint density at radius 2 is 2.54 bits per heavy atom. The first-order valence-corrected chi connectivity index (χ1v) is 4.18. The van der Waals surface area contributed by atoms with Crippen LogP contribution < -0.4 is 0 Å². The van der Waals surface area contributed by atoms with Gasteiger partial charge < -0.3 is 14.7 Å². The summed E-state index contributed by atoms with van der Waals surface area (Å²) in [7, 11) is 0. The summed E-state index contributed by atoms with van der Waals surface area (Å²) < 4.78 is 5.25. The molecule has 4 heteroatoms. The fraction of sp³-hybridized carbons (Fsp3) is 0.667. The van der Waals surface area contributed by atoms with Gasteiger partial charge in [0.25, 0.3) is 5.91 Å². The average Bonchev–Trinajstić information content (AvgIpc) is 2.17. The van der Waals surface area contributed by atoms with E-state index in [1.807, 2.05) is 6.92 Å². The van der Waals surface area contributed by atoms with E-state index in [2.05, 4.69) is 5.92 Å². The topological polar surface area (TPSA) is 49.8 Å². The largest absolute Gasteiger partial charge is 0.394 e. The van der Waals surface area contributed by atoms with Gasteiger partial charge in [-0.25, -0.2) is 0 Å². The number of terminal acetylenes is 1. The molecule has 1 aliphatic rings. The van der Waals surface area contributed by atoms with Crippen molar-refractivity contribution >= 4 is 5.91 Å².